The number of benzene rings is 1. The summed E-state index contributed by atoms with van der Waals surface area (Å²) in [5.74, 6) is 0.00299. The Balaban J connectivity index is 1.29. The van der Waals surface area contributed by atoms with E-state index in [4.69, 9.17) is 4.74 Å². The monoisotopic (exact) mass is 468 g/mol. The van der Waals surface area contributed by atoms with Crippen molar-refractivity contribution >= 4 is 33.3 Å². The first-order valence-corrected chi connectivity index (χ1v) is 12.7. The quantitative estimate of drug-likeness (QED) is 0.594. The van der Waals surface area contributed by atoms with Gasteiger partial charge in [-0.15, -0.1) is 0 Å². The number of carbonyl (C=O) groups excluding carboxylic acids is 1. The molecule has 2 aliphatic rings. The molecule has 1 unspecified atom stereocenters. The molecule has 1 amide bonds. The fourth-order valence-corrected chi connectivity index (χ4v) is 5.65. The molecule has 0 spiro atoms. The van der Waals surface area contributed by atoms with Crippen molar-refractivity contribution in [1.82, 2.24) is 24.6 Å². The first kappa shape index (κ1) is 22.5. The fraction of sp³-hybridized carbons (Fsp3) is 0.542. The maximum atomic E-state index is 12.6. The number of rotatable bonds is 6. The maximum Gasteiger partial charge on any atom is 0.240 e. The highest BCUT2D eigenvalue weighted by molar-refractivity contribution is 7.19. The van der Waals surface area contributed by atoms with Crippen LogP contribution in [0, 0.1) is 6.92 Å². The third-order valence-corrected chi connectivity index (χ3v) is 7.73. The van der Waals surface area contributed by atoms with E-state index in [1.54, 1.807) is 0 Å². The van der Waals surface area contributed by atoms with Crippen molar-refractivity contribution in [2.75, 3.05) is 51.2 Å². The lowest BCUT2D eigenvalue weighted by Gasteiger charge is -2.33. The van der Waals surface area contributed by atoms with Gasteiger partial charge < -0.3 is 15.0 Å². The molecule has 8 nitrogen and oxygen atoms in total. The van der Waals surface area contributed by atoms with Crippen LogP contribution in [0.3, 0.4) is 0 Å². The molecule has 0 aliphatic carbocycles. The highest BCUT2D eigenvalue weighted by Gasteiger charge is 2.21. The summed E-state index contributed by atoms with van der Waals surface area (Å²) in [5.41, 5.74) is 3.08. The molecule has 0 saturated carbocycles. The summed E-state index contributed by atoms with van der Waals surface area (Å²) in [6.07, 6.45) is 5.18. The summed E-state index contributed by atoms with van der Waals surface area (Å²) in [6, 6.07) is 6.37. The zero-order valence-electron chi connectivity index (χ0n) is 19.4. The topological polar surface area (TPSA) is 75.5 Å². The number of amides is 1. The van der Waals surface area contributed by atoms with E-state index in [1.165, 1.54) is 11.3 Å². The SMILES string of the molecule is CCN1CCN(CC(=O)Nc2nc(C)c(-c3ccc4cnn(C5CCCCO5)c4c3)s2)CC1. The number of hydrogen-bond acceptors (Lipinski definition) is 7. The second-order valence-electron chi connectivity index (χ2n) is 8.88. The van der Waals surface area contributed by atoms with Crippen LogP contribution < -0.4 is 5.32 Å². The van der Waals surface area contributed by atoms with Gasteiger partial charge in [-0.2, -0.15) is 5.10 Å². The Morgan fingerprint density at radius 1 is 1.21 bits per heavy atom. The average Bonchev–Trinajstić information content (AvgIpc) is 3.42. The summed E-state index contributed by atoms with van der Waals surface area (Å²) in [4.78, 5) is 23.0. The van der Waals surface area contributed by atoms with Gasteiger partial charge in [-0.1, -0.05) is 30.4 Å². The fourth-order valence-electron chi connectivity index (χ4n) is 4.67. The Hall–Kier alpha value is -2.33. The van der Waals surface area contributed by atoms with Gasteiger partial charge in [0.2, 0.25) is 5.91 Å². The lowest BCUT2D eigenvalue weighted by atomic mass is 10.1. The number of likely N-dealkylation sites (N-methyl/N-ethyl adjacent to an activating group) is 1. The summed E-state index contributed by atoms with van der Waals surface area (Å²) < 4.78 is 7.97. The van der Waals surface area contributed by atoms with Crippen molar-refractivity contribution < 1.29 is 9.53 Å². The molecule has 1 atom stereocenters. The average molecular weight is 469 g/mol. The van der Waals surface area contributed by atoms with Crippen molar-refractivity contribution in [3.63, 3.8) is 0 Å². The number of piperazine rings is 1. The minimum Gasteiger partial charge on any atom is -0.356 e. The Kier molecular flexibility index (Phi) is 6.73. The van der Waals surface area contributed by atoms with Gasteiger partial charge in [0.05, 0.1) is 28.8 Å². The minimum atomic E-state index is 0.00287. The number of nitrogens with zero attached hydrogens (tertiary/aromatic N) is 5. The van der Waals surface area contributed by atoms with Crippen LogP contribution in [0.15, 0.2) is 24.4 Å². The maximum absolute atomic E-state index is 12.6. The number of nitrogens with one attached hydrogen (secondary N) is 1. The van der Waals surface area contributed by atoms with Gasteiger partial charge in [-0.3, -0.25) is 9.69 Å². The van der Waals surface area contributed by atoms with Crippen LogP contribution >= 0.6 is 11.3 Å². The molecule has 2 fully saturated rings. The zero-order valence-corrected chi connectivity index (χ0v) is 20.2. The van der Waals surface area contributed by atoms with Crippen LogP contribution in [-0.4, -0.2) is 76.3 Å². The number of thiazole rings is 1. The van der Waals surface area contributed by atoms with Crippen molar-refractivity contribution in [1.29, 1.82) is 0 Å². The minimum absolute atomic E-state index is 0.00287. The van der Waals surface area contributed by atoms with Crippen LogP contribution in [0.25, 0.3) is 21.3 Å². The number of aryl methyl sites for hydroxylation is 1. The van der Waals surface area contributed by atoms with Crippen molar-refractivity contribution in [2.24, 2.45) is 0 Å². The van der Waals surface area contributed by atoms with Crippen molar-refractivity contribution in [3.8, 4) is 10.4 Å². The number of fused-ring (bicyclic) bond motifs is 1. The van der Waals surface area contributed by atoms with Gasteiger partial charge in [-0.05, 0) is 44.4 Å². The summed E-state index contributed by atoms with van der Waals surface area (Å²) in [7, 11) is 0. The summed E-state index contributed by atoms with van der Waals surface area (Å²) in [6.45, 7) is 10.4. The molecule has 2 saturated heterocycles. The Morgan fingerprint density at radius 3 is 2.79 bits per heavy atom. The summed E-state index contributed by atoms with van der Waals surface area (Å²) >= 11 is 1.53. The molecular formula is C24H32N6O2S. The van der Waals surface area contributed by atoms with Crippen LogP contribution in [0.2, 0.25) is 0 Å². The first-order valence-electron chi connectivity index (χ1n) is 11.9. The van der Waals surface area contributed by atoms with Crippen molar-refractivity contribution in [3.05, 3.63) is 30.1 Å². The molecule has 5 rings (SSSR count). The predicted molar refractivity (Wildman–Crippen MR) is 132 cm³/mol. The lowest BCUT2D eigenvalue weighted by molar-refractivity contribution is -0.117. The van der Waals surface area contributed by atoms with E-state index in [0.717, 1.165) is 85.6 Å². The smallest absolute Gasteiger partial charge is 0.240 e. The molecule has 4 heterocycles. The van der Waals surface area contributed by atoms with E-state index in [2.05, 4.69) is 50.3 Å². The number of carbonyl (C=O) groups is 1. The van der Waals surface area contributed by atoms with Crippen LogP contribution in [0.1, 0.15) is 38.1 Å². The van der Waals surface area contributed by atoms with E-state index in [0.29, 0.717) is 11.7 Å². The number of ether oxygens (including phenoxy) is 1. The largest absolute Gasteiger partial charge is 0.356 e. The molecule has 1 N–H and O–H groups in total. The molecule has 2 aromatic heterocycles. The Labute approximate surface area is 198 Å². The molecule has 3 aromatic rings. The third kappa shape index (κ3) is 4.96. The van der Waals surface area contributed by atoms with Gasteiger partial charge in [0.1, 0.15) is 0 Å². The molecule has 2 aliphatic heterocycles. The van der Waals surface area contributed by atoms with E-state index < -0.39 is 0 Å². The number of anilines is 1. The standard InChI is InChI=1S/C24H32N6O2S/c1-3-28-9-11-29(12-10-28)16-21(31)27-24-26-17(2)23(33-24)18-7-8-19-15-25-30(20(19)14-18)22-6-4-5-13-32-22/h7-8,14-15,22H,3-6,9-13,16H2,1-2H3,(H,26,27,31). The highest BCUT2D eigenvalue weighted by atomic mass is 32.1. The molecule has 176 valence electrons. The van der Waals surface area contributed by atoms with E-state index in [1.807, 2.05) is 17.8 Å². The van der Waals surface area contributed by atoms with Crippen LogP contribution in [0.4, 0.5) is 5.13 Å². The second-order valence-corrected chi connectivity index (χ2v) is 9.88. The third-order valence-electron chi connectivity index (χ3n) is 6.61. The van der Waals surface area contributed by atoms with Gasteiger partial charge in [-0.25, -0.2) is 9.67 Å². The summed E-state index contributed by atoms with van der Waals surface area (Å²) in [5, 5.41) is 9.38. The molecule has 33 heavy (non-hydrogen) atoms. The Bertz CT molecular complexity index is 1110. The predicted octanol–water partition coefficient (Wildman–Crippen LogP) is 3.74. The molecule has 0 bridgehead atoms. The van der Waals surface area contributed by atoms with E-state index in [9.17, 15) is 4.79 Å². The van der Waals surface area contributed by atoms with Crippen LogP contribution in [0.5, 0.6) is 0 Å². The highest BCUT2D eigenvalue weighted by Crippen LogP contribution is 2.35. The van der Waals surface area contributed by atoms with Gasteiger partial charge in [0.25, 0.3) is 0 Å². The molecular weight excluding hydrogens is 436 g/mol. The van der Waals surface area contributed by atoms with Gasteiger partial charge in [0.15, 0.2) is 11.4 Å². The van der Waals surface area contributed by atoms with Gasteiger partial charge in [0, 0.05) is 38.2 Å². The zero-order chi connectivity index (χ0) is 22.8. The van der Waals surface area contributed by atoms with E-state index in [-0.39, 0.29) is 12.1 Å². The first-order chi connectivity index (χ1) is 16.1. The van der Waals surface area contributed by atoms with Crippen LogP contribution in [-0.2, 0) is 9.53 Å². The molecule has 0 radical (unpaired) electrons. The number of hydrogen-bond donors (Lipinski definition) is 1. The normalized spacial score (nSPS) is 20.4. The number of aromatic nitrogens is 3. The Morgan fingerprint density at radius 2 is 2.03 bits per heavy atom. The molecule has 9 heteroatoms. The van der Waals surface area contributed by atoms with E-state index >= 15 is 0 Å². The lowest BCUT2D eigenvalue weighted by Crippen LogP contribution is -2.48. The van der Waals surface area contributed by atoms with Gasteiger partial charge >= 0.3 is 0 Å². The van der Waals surface area contributed by atoms with Crippen molar-refractivity contribution in [2.45, 2.75) is 39.3 Å². The second kappa shape index (κ2) is 9.89. The molecule has 1 aromatic carbocycles.